The lowest BCUT2D eigenvalue weighted by Crippen LogP contribution is -2.22. The Morgan fingerprint density at radius 1 is 1.31 bits per heavy atom. The van der Waals surface area contributed by atoms with Crippen LogP contribution in [0.3, 0.4) is 0 Å². The molecule has 0 spiro atoms. The summed E-state index contributed by atoms with van der Waals surface area (Å²) in [5, 5.41) is 8.44. The van der Waals surface area contributed by atoms with E-state index in [1.165, 1.54) is 6.92 Å². The lowest BCUT2D eigenvalue weighted by Gasteiger charge is -2.08. The number of rotatable bonds is 8. The van der Waals surface area contributed by atoms with Gasteiger partial charge in [0, 0.05) is 7.11 Å². The molecule has 5 heteroatoms. The predicted octanol–water partition coefficient (Wildman–Crippen LogP) is 0.139. The van der Waals surface area contributed by atoms with Crippen LogP contribution in [0.5, 0.6) is 0 Å². The second kappa shape index (κ2) is 7.97. The van der Waals surface area contributed by atoms with E-state index in [1.807, 2.05) is 0 Å². The van der Waals surface area contributed by atoms with Crippen molar-refractivity contribution in [2.24, 2.45) is 0 Å². The molecule has 0 rings (SSSR count). The van der Waals surface area contributed by atoms with Crippen molar-refractivity contribution < 1.29 is 24.1 Å². The van der Waals surface area contributed by atoms with Gasteiger partial charge in [-0.15, -0.1) is 0 Å². The van der Waals surface area contributed by atoms with Crippen LogP contribution in [0.15, 0.2) is 0 Å². The highest BCUT2D eigenvalue weighted by Gasteiger charge is 2.09. The van der Waals surface area contributed by atoms with Crippen LogP contribution in [-0.2, 0) is 19.0 Å². The molecule has 1 atom stereocenters. The van der Waals surface area contributed by atoms with E-state index in [9.17, 15) is 4.79 Å². The standard InChI is InChI=1S/C8H16O5/c1-7(8(9)10)13-6-5-12-4-3-11-2/h7H,3-6H2,1-2H3,(H,9,10)/t7-/m1/s1. The Balaban J connectivity index is 3.11. The van der Waals surface area contributed by atoms with Gasteiger partial charge in [-0.25, -0.2) is 4.79 Å². The average molecular weight is 192 g/mol. The van der Waals surface area contributed by atoms with E-state index in [2.05, 4.69) is 0 Å². The van der Waals surface area contributed by atoms with Gasteiger partial charge in [0.05, 0.1) is 26.4 Å². The second-order valence-electron chi connectivity index (χ2n) is 2.46. The van der Waals surface area contributed by atoms with Crippen molar-refractivity contribution in [2.45, 2.75) is 13.0 Å². The molecule has 0 aliphatic carbocycles. The maximum absolute atomic E-state index is 10.3. The molecular formula is C8H16O5. The molecule has 0 fully saturated rings. The number of carboxylic acid groups (broad SMARTS) is 1. The molecule has 13 heavy (non-hydrogen) atoms. The minimum atomic E-state index is -0.961. The van der Waals surface area contributed by atoms with Crippen molar-refractivity contribution in [2.75, 3.05) is 33.5 Å². The van der Waals surface area contributed by atoms with Gasteiger partial charge in [-0.1, -0.05) is 0 Å². The number of ether oxygens (including phenoxy) is 3. The van der Waals surface area contributed by atoms with Gasteiger partial charge in [0.2, 0.25) is 0 Å². The topological polar surface area (TPSA) is 65.0 Å². The first-order valence-electron chi connectivity index (χ1n) is 4.09. The number of aliphatic carboxylic acids is 1. The molecule has 5 nitrogen and oxygen atoms in total. The van der Waals surface area contributed by atoms with E-state index in [-0.39, 0.29) is 6.61 Å². The summed E-state index contributed by atoms with van der Waals surface area (Å²) in [4.78, 5) is 10.3. The maximum Gasteiger partial charge on any atom is 0.332 e. The highest BCUT2D eigenvalue weighted by atomic mass is 16.6. The van der Waals surface area contributed by atoms with E-state index < -0.39 is 12.1 Å². The molecule has 0 radical (unpaired) electrons. The summed E-state index contributed by atoms with van der Waals surface area (Å²) in [6, 6.07) is 0. The molecular weight excluding hydrogens is 176 g/mol. The van der Waals surface area contributed by atoms with Crippen molar-refractivity contribution in [3.8, 4) is 0 Å². The van der Waals surface area contributed by atoms with Gasteiger partial charge in [0.1, 0.15) is 0 Å². The van der Waals surface area contributed by atoms with Crippen LogP contribution in [0.25, 0.3) is 0 Å². The van der Waals surface area contributed by atoms with Crippen LogP contribution >= 0.6 is 0 Å². The van der Waals surface area contributed by atoms with Crippen molar-refractivity contribution in [3.63, 3.8) is 0 Å². The normalized spacial score (nSPS) is 12.8. The quantitative estimate of drug-likeness (QED) is 0.554. The predicted molar refractivity (Wildman–Crippen MR) is 45.7 cm³/mol. The van der Waals surface area contributed by atoms with Crippen molar-refractivity contribution in [1.29, 1.82) is 0 Å². The summed E-state index contributed by atoms with van der Waals surface area (Å²) in [6.07, 6.45) is -0.772. The fraction of sp³-hybridized carbons (Fsp3) is 0.875. The van der Waals surface area contributed by atoms with Crippen LogP contribution < -0.4 is 0 Å². The van der Waals surface area contributed by atoms with E-state index in [1.54, 1.807) is 7.11 Å². The molecule has 0 aromatic heterocycles. The minimum Gasteiger partial charge on any atom is -0.479 e. The van der Waals surface area contributed by atoms with Crippen LogP contribution in [0.2, 0.25) is 0 Å². The van der Waals surface area contributed by atoms with Gasteiger partial charge in [0.15, 0.2) is 6.10 Å². The number of hydrogen-bond donors (Lipinski definition) is 1. The SMILES string of the molecule is COCCOCCO[C@H](C)C(=O)O. The van der Waals surface area contributed by atoms with Crippen LogP contribution in [0.4, 0.5) is 0 Å². The average Bonchev–Trinajstić information content (AvgIpc) is 2.10. The summed E-state index contributed by atoms with van der Waals surface area (Å²) >= 11 is 0. The number of carbonyl (C=O) groups is 1. The molecule has 0 aromatic rings. The third-order valence-corrected chi connectivity index (χ3v) is 1.38. The van der Waals surface area contributed by atoms with E-state index in [4.69, 9.17) is 19.3 Å². The highest BCUT2D eigenvalue weighted by molar-refractivity contribution is 5.71. The van der Waals surface area contributed by atoms with E-state index in [0.29, 0.717) is 19.8 Å². The first-order chi connectivity index (χ1) is 6.18. The largest absolute Gasteiger partial charge is 0.479 e. The number of hydrogen-bond acceptors (Lipinski definition) is 4. The number of carboxylic acids is 1. The minimum absolute atomic E-state index is 0.289. The van der Waals surface area contributed by atoms with Crippen LogP contribution in [0.1, 0.15) is 6.92 Å². The van der Waals surface area contributed by atoms with Gasteiger partial charge in [0.25, 0.3) is 0 Å². The third-order valence-electron chi connectivity index (χ3n) is 1.38. The Morgan fingerprint density at radius 2 is 1.92 bits per heavy atom. The summed E-state index contributed by atoms with van der Waals surface area (Å²) < 4.78 is 14.7. The molecule has 0 bridgehead atoms. The summed E-state index contributed by atoms with van der Waals surface area (Å²) in [5.74, 6) is -0.961. The molecule has 0 saturated carbocycles. The molecule has 0 heterocycles. The van der Waals surface area contributed by atoms with Crippen molar-refractivity contribution in [1.82, 2.24) is 0 Å². The van der Waals surface area contributed by atoms with Gasteiger partial charge in [-0.2, -0.15) is 0 Å². The molecule has 78 valence electrons. The highest BCUT2D eigenvalue weighted by Crippen LogP contribution is 1.90. The van der Waals surface area contributed by atoms with Crippen LogP contribution in [-0.4, -0.2) is 50.7 Å². The molecule has 0 saturated heterocycles. The van der Waals surface area contributed by atoms with E-state index in [0.717, 1.165) is 0 Å². The number of methoxy groups -OCH3 is 1. The van der Waals surface area contributed by atoms with Gasteiger partial charge >= 0.3 is 5.97 Å². The zero-order valence-electron chi connectivity index (χ0n) is 7.99. The first kappa shape index (κ1) is 12.3. The van der Waals surface area contributed by atoms with Crippen LogP contribution in [0, 0.1) is 0 Å². The smallest absolute Gasteiger partial charge is 0.332 e. The molecule has 0 aliphatic heterocycles. The van der Waals surface area contributed by atoms with Crippen molar-refractivity contribution >= 4 is 5.97 Å². The van der Waals surface area contributed by atoms with E-state index >= 15 is 0 Å². The Kier molecular flexibility index (Phi) is 7.57. The fourth-order valence-corrected chi connectivity index (χ4v) is 0.599. The zero-order valence-corrected chi connectivity index (χ0v) is 7.99. The Morgan fingerprint density at radius 3 is 2.46 bits per heavy atom. The third kappa shape index (κ3) is 7.70. The summed E-state index contributed by atoms with van der Waals surface area (Å²) in [5.41, 5.74) is 0. The van der Waals surface area contributed by atoms with Crippen molar-refractivity contribution in [3.05, 3.63) is 0 Å². The monoisotopic (exact) mass is 192 g/mol. The lowest BCUT2D eigenvalue weighted by molar-refractivity contribution is -0.150. The molecule has 0 aromatic carbocycles. The Bertz CT molecular complexity index is 136. The second-order valence-corrected chi connectivity index (χ2v) is 2.46. The summed E-state index contributed by atoms with van der Waals surface area (Å²) in [7, 11) is 1.59. The zero-order chi connectivity index (χ0) is 10.1. The van der Waals surface area contributed by atoms with Gasteiger partial charge < -0.3 is 19.3 Å². The maximum atomic E-state index is 10.3. The van der Waals surface area contributed by atoms with Gasteiger partial charge in [-0.05, 0) is 6.92 Å². The Hall–Kier alpha value is -0.650. The fourth-order valence-electron chi connectivity index (χ4n) is 0.599. The Labute approximate surface area is 77.6 Å². The first-order valence-corrected chi connectivity index (χ1v) is 4.09. The molecule has 0 amide bonds. The lowest BCUT2D eigenvalue weighted by atomic mass is 10.4. The van der Waals surface area contributed by atoms with Gasteiger partial charge in [-0.3, -0.25) is 0 Å². The molecule has 0 aliphatic rings. The molecule has 0 unspecified atom stereocenters. The summed E-state index contributed by atoms with van der Waals surface area (Å²) in [6.45, 7) is 3.20. The molecule has 1 N–H and O–H groups in total.